The van der Waals surface area contributed by atoms with Crippen molar-refractivity contribution in [1.29, 1.82) is 0 Å². The Morgan fingerprint density at radius 3 is 1.62 bits per heavy atom. The lowest BCUT2D eigenvalue weighted by atomic mass is 10.0. The molecule has 0 aliphatic carbocycles. The number of unbranched alkanes of at least 4 members (excludes halogenated alkanes) is 1. The first-order chi connectivity index (χ1) is 22.9. The monoisotopic (exact) mass is 679 g/mol. The van der Waals surface area contributed by atoms with Crippen molar-refractivity contribution >= 4 is 42.6 Å². The topological polar surface area (TPSA) is 55.8 Å². The highest BCUT2D eigenvalue weighted by Crippen LogP contribution is 2.52. The van der Waals surface area contributed by atoms with Crippen molar-refractivity contribution in [3.8, 4) is 0 Å². The van der Waals surface area contributed by atoms with E-state index in [2.05, 4.69) is 86.1 Å². The van der Waals surface area contributed by atoms with Gasteiger partial charge in [0.05, 0.1) is 5.57 Å². The number of carbonyl (C=O) groups excluding carboxylic acids is 1. The third-order valence-corrected chi connectivity index (χ3v) is 17.2. The molecular weight excluding hydrogens is 630 g/mol. The van der Waals surface area contributed by atoms with Crippen molar-refractivity contribution in [2.45, 2.75) is 77.5 Å². The molecule has 5 rings (SSSR count). The number of nitrogens with zero attached hydrogens (tertiary/aromatic N) is 1. The van der Waals surface area contributed by atoms with Crippen molar-refractivity contribution in [2.24, 2.45) is 0 Å². The van der Waals surface area contributed by atoms with E-state index in [9.17, 15) is 4.79 Å². The first-order valence-electron chi connectivity index (χ1n) is 17.0. The van der Waals surface area contributed by atoms with E-state index in [1.807, 2.05) is 87.5 Å². The molecule has 1 heterocycles. The Hall–Kier alpha value is -3.54. The first kappa shape index (κ1) is 35.8. The highest BCUT2D eigenvalue weighted by molar-refractivity contribution is 7.76. The van der Waals surface area contributed by atoms with Gasteiger partial charge in [-0.05, 0) is 79.7 Å². The molecule has 0 fully saturated rings. The van der Waals surface area contributed by atoms with Crippen LogP contribution in [-0.4, -0.2) is 43.8 Å². The molecular formula is C41H50NO4PSi. The van der Waals surface area contributed by atoms with Crippen LogP contribution in [0, 0.1) is 0 Å². The molecule has 0 spiro atoms. The zero-order chi connectivity index (χ0) is 34.4. The van der Waals surface area contributed by atoms with Crippen molar-refractivity contribution in [2.75, 3.05) is 13.2 Å². The van der Waals surface area contributed by atoms with E-state index in [0.717, 1.165) is 23.5 Å². The minimum atomic E-state index is -3.29. The smallest absolute Gasteiger partial charge is 0.335 e. The molecule has 4 aromatic rings. The molecule has 0 unspecified atom stereocenters. The van der Waals surface area contributed by atoms with E-state index in [1.165, 1.54) is 10.4 Å². The molecule has 0 amide bonds. The summed E-state index contributed by atoms with van der Waals surface area (Å²) in [4.78, 5) is 13.6. The number of carbonyl (C=O) groups is 1. The maximum Gasteiger partial charge on any atom is 0.335 e. The second-order valence-electron chi connectivity index (χ2n) is 14.6. The summed E-state index contributed by atoms with van der Waals surface area (Å²) >= 11 is 0. The van der Waals surface area contributed by atoms with Crippen LogP contribution in [0.3, 0.4) is 0 Å². The Morgan fingerprint density at radius 1 is 0.729 bits per heavy atom. The molecule has 48 heavy (non-hydrogen) atoms. The molecule has 7 heteroatoms. The summed E-state index contributed by atoms with van der Waals surface area (Å²) in [6.07, 6.45) is 4.18. The molecule has 1 atom stereocenters. The largest absolute Gasteiger partial charge is 0.457 e. The SMILES string of the molecule is CC(C)(C)OC(=O)C1=CCN(P(=O)(c2ccccc2)c2ccccc2)[C@@H]1CCCCO[Si](c1ccccc1)(c1ccccc1)C(C)(C)C. The number of esters is 1. The van der Waals surface area contributed by atoms with Gasteiger partial charge in [0, 0.05) is 29.8 Å². The second-order valence-corrected chi connectivity index (χ2v) is 21.6. The standard InChI is InChI=1S/C41H50NO4PSi/c1-40(2,3)46-39(43)37-30-31-42(47(44,33-21-11-7-12-22-33)34-23-13-8-14-24-34)38(37)29-19-20-32-45-48(41(4,5)6,35-25-15-9-16-26-35)36-27-17-10-18-28-36/h7-18,21-28,30,38H,19-20,29,31-32H2,1-6H3/t38-/m1/s1. The van der Waals surface area contributed by atoms with Crippen molar-refractivity contribution in [1.82, 2.24) is 4.67 Å². The van der Waals surface area contributed by atoms with Crippen LogP contribution in [0.4, 0.5) is 0 Å². The maximum absolute atomic E-state index is 15.4. The summed E-state index contributed by atoms with van der Waals surface area (Å²) in [7, 11) is -5.95. The van der Waals surface area contributed by atoms with Gasteiger partial charge in [-0.15, -0.1) is 0 Å². The molecule has 0 aromatic heterocycles. The second kappa shape index (κ2) is 14.9. The molecule has 1 aliphatic heterocycles. The molecule has 252 valence electrons. The summed E-state index contributed by atoms with van der Waals surface area (Å²) < 4.78 is 30.6. The van der Waals surface area contributed by atoms with Crippen LogP contribution < -0.4 is 21.0 Å². The van der Waals surface area contributed by atoms with Gasteiger partial charge in [-0.25, -0.2) is 9.46 Å². The number of hydrogen-bond donors (Lipinski definition) is 0. The number of rotatable bonds is 12. The highest BCUT2D eigenvalue weighted by Gasteiger charge is 2.50. The molecule has 0 N–H and O–H groups in total. The fourth-order valence-corrected chi connectivity index (χ4v) is 14.5. The average molecular weight is 680 g/mol. The van der Waals surface area contributed by atoms with Crippen molar-refractivity contribution in [3.05, 3.63) is 133 Å². The van der Waals surface area contributed by atoms with Crippen molar-refractivity contribution < 1.29 is 18.5 Å². The lowest BCUT2D eigenvalue weighted by Gasteiger charge is -2.43. The van der Waals surface area contributed by atoms with Gasteiger partial charge in [-0.3, -0.25) is 4.57 Å². The third kappa shape index (κ3) is 7.53. The summed E-state index contributed by atoms with van der Waals surface area (Å²) in [5, 5.41) is 3.92. The van der Waals surface area contributed by atoms with Crippen LogP contribution >= 0.6 is 7.29 Å². The van der Waals surface area contributed by atoms with Crippen LogP contribution in [0.15, 0.2) is 133 Å². The molecule has 0 radical (unpaired) electrons. The fourth-order valence-electron chi connectivity index (χ4n) is 6.92. The molecule has 0 saturated carbocycles. The summed E-state index contributed by atoms with van der Waals surface area (Å²) in [5.41, 5.74) is -0.0489. The Bertz CT molecular complexity index is 1630. The normalized spacial score (nSPS) is 16.0. The Kier molecular flexibility index (Phi) is 11.1. The number of hydrogen-bond acceptors (Lipinski definition) is 4. The van der Waals surface area contributed by atoms with Gasteiger partial charge in [-0.1, -0.05) is 124 Å². The van der Waals surface area contributed by atoms with Crippen LogP contribution in [0.25, 0.3) is 0 Å². The molecule has 4 aromatic carbocycles. The first-order valence-corrected chi connectivity index (χ1v) is 20.6. The van der Waals surface area contributed by atoms with Crippen molar-refractivity contribution in [3.63, 3.8) is 0 Å². The van der Waals surface area contributed by atoms with Crippen LogP contribution in [0.1, 0.15) is 60.8 Å². The van der Waals surface area contributed by atoms with E-state index in [4.69, 9.17) is 9.16 Å². The van der Waals surface area contributed by atoms with Crippen LogP contribution in [-0.2, 0) is 18.5 Å². The lowest BCUT2D eigenvalue weighted by Crippen LogP contribution is -2.66. The third-order valence-electron chi connectivity index (χ3n) is 9.03. The van der Waals surface area contributed by atoms with Gasteiger partial charge >= 0.3 is 5.97 Å². The van der Waals surface area contributed by atoms with Gasteiger partial charge in [0.2, 0.25) is 7.29 Å². The van der Waals surface area contributed by atoms with Gasteiger partial charge < -0.3 is 9.16 Å². The van der Waals surface area contributed by atoms with Crippen LogP contribution in [0.2, 0.25) is 5.04 Å². The Morgan fingerprint density at radius 2 is 1.19 bits per heavy atom. The fraction of sp³-hybridized carbons (Fsp3) is 0.341. The highest BCUT2D eigenvalue weighted by atomic mass is 31.2. The van der Waals surface area contributed by atoms with E-state index in [0.29, 0.717) is 25.1 Å². The van der Waals surface area contributed by atoms with Gasteiger partial charge in [0.25, 0.3) is 8.32 Å². The van der Waals surface area contributed by atoms with Gasteiger partial charge in [0.1, 0.15) is 5.60 Å². The zero-order valence-electron chi connectivity index (χ0n) is 29.3. The van der Waals surface area contributed by atoms with E-state index >= 15 is 4.57 Å². The summed E-state index contributed by atoms with van der Waals surface area (Å²) in [5.74, 6) is -0.341. The van der Waals surface area contributed by atoms with E-state index in [1.54, 1.807) is 0 Å². The lowest BCUT2D eigenvalue weighted by molar-refractivity contribution is -0.150. The summed E-state index contributed by atoms with van der Waals surface area (Å²) in [6, 6.07) is 40.4. The van der Waals surface area contributed by atoms with E-state index in [-0.39, 0.29) is 17.0 Å². The average Bonchev–Trinajstić information content (AvgIpc) is 3.51. The number of benzene rings is 4. The molecule has 1 aliphatic rings. The predicted octanol–water partition coefficient (Wildman–Crippen LogP) is 7.61. The maximum atomic E-state index is 15.4. The molecule has 0 bridgehead atoms. The molecule has 5 nitrogen and oxygen atoms in total. The number of ether oxygens (including phenoxy) is 1. The quantitative estimate of drug-likeness (QED) is 0.0668. The van der Waals surface area contributed by atoms with E-state index < -0.39 is 21.2 Å². The Balaban J connectivity index is 1.43. The minimum Gasteiger partial charge on any atom is -0.457 e. The van der Waals surface area contributed by atoms with Crippen LogP contribution in [0.5, 0.6) is 0 Å². The predicted molar refractivity (Wildman–Crippen MR) is 202 cm³/mol. The molecule has 0 saturated heterocycles. The minimum absolute atomic E-state index is 0.109. The van der Waals surface area contributed by atoms with Gasteiger partial charge in [0.15, 0.2) is 0 Å². The Labute approximate surface area is 288 Å². The summed E-state index contributed by atoms with van der Waals surface area (Å²) in [6.45, 7) is 13.5. The van der Waals surface area contributed by atoms with Gasteiger partial charge in [-0.2, -0.15) is 0 Å². The zero-order valence-corrected chi connectivity index (χ0v) is 31.2.